The number of hydrogen-bond donors (Lipinski definition) is 2. The summed E-state index contributed by atoms with van der Waals surface area (Å²) < 4.78 is 0. The predicted molar refractivity (Wildman–Crippen MR) is 82.5 cm³/mol. The molecule has 1 aliphatic rings. The van der Waals surface area contributed by atoms with Crippen molar-refractivity contribution in [2.24, 2.45) is 0 Å². The highest BCUT2D eigenvalue weighted by Crippen LogP contribution is 2.33. The molecule has 21 heavy (non-hydrogen) atoms. The van der Waals surface area contributed by atoms with Crippen LogP contribution in [-0.4, -0.2) is 11.6 Å². The number of para-hydroxylation sites is 3. The lowest BCUT2D eigenvalue weighted by Gasteiger charge is -2.26. The van der Waals surface area contributed by atoms with Gasteiger partial charge in [-0.15, -0.1) is 0 Å². The quantitative estimate of drug-likeness (QED) is 0.850. The largest absolute Gasteiger partial charge is 0.397 e. The van der Waals surface area contributed by atoms with Crippen molar-refractivity contribution >= 4 is 23.0 Å². The molecule has 108 valence electrons. The monoisotopic (exact) mass is 283 g/mol. The van der Waals surface area contributed by atoms with Gasteiger partial charge in [0.05, 0.1) is 23.5 Å². The van der Waals surface area contributed by atoms with Gasteiger partial charge in [-0.05, 0) is 31.2 Å². The van der Waals surface area contributed by atoms with Crippen LogP contribution < -0.4 is 16.1 Å². The molecule has 3 N–H and O–H groups in total. The molecule has 1 heterocycles. The lowest BCUT2D eigenvalue weighted by Crippen LogP contribution is -2.36. The number of hydrogen-bond acceptors (Lipinski definition) is 4. The highest BCUT2D eigenvalue weighted by molar-refractivity contribution is 5.94. The number of rotatable bonds is 3. The summed E-state index contributed by atoms with van der Waals surface area (Å²) in [5.41, 5.74) is 7.19. The van der Waals surface area contributed by atoms with Crippen LogP contribution in [0.25, 0.3) is 0 Å². The molecule has 2 aromatic rings. The summed E-state index contributed by atoms with van der Waals surface area (Å²) in [6.45, 7) is 1.83. The zero-order valence-corrected chi connectivity index (χ0v) is 11.7. The molecule has 0 bridgehead atoms. The summed E-state index contributed by atoms with van der Waals surface area (Å²) in [5.74, 6) is -0.0919. The molecule has 0 aliphatic carbocycles. The summed E-state index contributed by atoms with van der Waals surface area (Å²) >= 11 is 0. The first-order valence-electron chi connectivity index (χ1n) is 6.77. The molecule has 0 aromatic heterocycles. The Morgan fingerprint density at radius 1 is 1.14 bits per heavy atom. The number of nitrogens with one attached hydrogen (secondary N) is 1. The lowest BCUT2D eigenvalue weighted by molar-refractivity contribution is -0.119. The molecule has 5 nitrogen and oxygen atoms in total. The number of nitrogens with zero attached hydrogens (tertiary/aromatic N) is 1. The smallest absolute Gasteiger partial charge is 0.255 e. The maximum absolute atomic E-state index is 12.2. The normalized spacial score (nSPS) is 21.6. The second kappa shape index (κ2) is 5.10. The van der Waals surface area contributed by atoms with Crippen LogP contribution in [0.5, 0.6) is 0 Å². The molecule has 1 fully saturated rings. The minimum absolute atomic E-state index is 0.0919. The highest BCUT2D eigenvalue weighted by atomic mass is 16.7. The van der Waals surface area contributed by atoms with Crippen LogP contribution in [0.4, 0.5) is 17.1 Å². The average Bonchev–Trinajstić information content (AvgIpc) is 2.78. The number of anilines is 3. The Balaban J connectivity index is 1.81. The van der Waals surface area contributed by atoms with Crippen LogP contribution in [0.2, 0.25) is 0 Å². The third-order valence-electron chi connectivity index (χ3n) is 3.36. The second-order valence-corrected chi connectivity index (χ2v) is 5.23. The Morgan fingerprint density at radius 3 is 2.52 bits per heavy atom. The minimum atomic E-state index is -0.817. The fraction of sp³-hybridized carbons (Fsp3) is 0.188. The van der Waals surface area contributed by atoms with E-state index in [1.165, 1.54) is 5.06 Å². The van der Waals surface area contributed by atoms with Crippen LogP contribution in [0.15, 0.2) is 54.6 Å². The van der Waals surface area contributed by atoms with Gasteiger partial charge < -0.3 is 11.1 Å². The zero-order valence-electron chi connectivity index (χ0n) is 11.7. The molecule has 0 spiro atoms. The van der Waals surface area contributed by atoms with E-state index in [1.807, 2.05) is 55.5 Å². The number of nitrogen functional groups attached to an aromatic ring is 1. The molecule has 1 saturated heterocycles. The Bertz CT molecular complexity index is 660. The van der Waals surface area contributed by atoms with Crippen molar-refractivity contribution in [1.82, 2.24) is 0 Å². The van der Waals surface area contributed by atoms with Crippen molar-refractivity contribution in [2.75, 3.05) is 16.1 Å². The van der Waals surface area contributed by atoms with Gasteiger partial charge >= 0.3 is 0 Å². The Morgan fingerprint density at radius 2 is 1.81 bits per heavy atom. The first-order valence-corrected chi connectivity index (χ1v) is 6.77. The molecule has 1 atom stereocenters. The van der Waals surface area contributed by atoms with E-state index in [2.05, 4.69) is 5.32 Å². The third kappa shape index (κ3) is 2.68. The van der Waals surface area contributed by atoms with Crippen molar-refractivity contribution in [1.29, 1.82) is 0 Å². The van der Waals surface area contributed by atoms with Gasteiger partial charge in [0.1, 0.15) is 0 Å². The summed E-state index contributed by atoms with van der Waals surface area (Å²) in [5, 5.41) is 4.53. The van der Waals surface area contributed by atoms with E-state index in [0.717, 1.165) is 5.69 Å². The SMILES string of the molecule is CC1(Nc2ccccc2N)CC(=O)N(c2ccccc2)O1. The number of carbonyl (C=O) groups excluding carboxylic acids is 1. The van der Waals surface area contributed by atoms with Gasteiger partial charge in [0.2, 0.25) is 0 Å². The Hall–Kier alpha value is -2.53. The van der Waals surface area contributed by atoms with E-state index < -0.39 is 5.72 Å². The standard InChI is InChI=1S/C16H17N3O2/c1-16(18-14-10-6-5-9-13(14)17)11-15(20)19(21-16)12-7-3-2-4-8-12/h2-10,18H,11,17H2,1H3. The van der Waals surface area contributed by atoms with Crippen LogP contribution in [0.1, 0.15) is 13.3 Å². The number of nitrogens with two attached hydrogens (primary N) is 1. The van der Waals surface area contributed by atoms with Crippen molar-refractivity contribution in [2.45, 2.75) is 19.1 Å². The van der Waals surface area contributed by atoms with Crippen LogP contribution in [-0.2, 0) is 9.63 Å². The van der Waals surface area contributed by atoms with E-state index in [9.17, 15) is 4.79 Å². The molecule has 1 aliphatic heterocycles. The fourth-order valence-corrected chi connectivity index (χ4v) is 2.37. The first-order chi connectivity index (χ1) is 10.1. The van der Waals surface area contributed by atoms with Gasteiger partial charge in [0.15, 0.2) is 5.72 Å². The number of amides is 1. The van der Waals surface area contributed by atoms with E-state index in [0.29, 0.717) is 11.4 Å². The highest BCUT2D eigenvalue weighted by Gasteiger charge is 2.42. The number of hydroxylamine groups is 1. The average molecular weight is 283 g/mol. The predicted octanol–water partition coefficient (Wildman–Crippen LogP) is 2.77. The topological polar surface area (TPSA) is 67.6 Å². The molecular formula is C16H17N3O2. The minimum Gasteiger partial charge on any atom is -0.397 e. The van der Waals surface area contributed by atoms with Gasteiger partial charge in [-0.1, -0.05) is 30.3 Å². The van der Waals surface area contributed by atoms with Gasteiger partial charge in [-0.3, -0.25) is 4.79 Å². The van der Waals surface area contributed by atoms with Gasteiger partial charge in [0.25, 0.3) is 5.91 Å². The Kier molecular flexibility index (Phi) is 3.27. The van der Waals surface area contributed by atoms with E-state index in [-0.39, 0.29) is 12.3 Å². The molecule has 1 unspecified atom stereocenters. The molecule has 0 saturated carbocycles. The summed E-state index contributed by atoms with van der Waals surface area (Å²) in [7, 11) is 0. The van der Waals surface area contributed by atoms with Crippen molar-refractivity contribution < 1.29 is 9.63 Å². The van der Waals surface area contributed by atoms with Gasteiger partial charge in [-0.2, -0.15) is 5.06 Å². The van der Waals surface area contributed by atoms with E-state index >= 15 is 0 Å². The Labute approximate surface area is 123 Å². The van der Waals surface area contributed by atoms with E-state index in [1.54, 1.807) is 6.07 Å². The van der Waals surface area contributed by atoms with Gasteiger partial charge in [-0.25, -0.2) is 4.84 Å². The summed E-state index contributed by atoms with van der Waals surface area (Å²) in [6.07, 6.45) is 0.232. The number of benzene rings is 2. The zero-order chi connectivity index (χ0) is 14.9. The third-order valence-corrected chi connectivity index (χ3v) is 3.36. The summed E-state index contributed by atoms with van der Waals surface area (Å²) in [4.78, 5) is 18.0. The van der Waals surface area contributed by atoms with Gasteiger partial charge in [0, 0.05) is 0 Å². The molecule has 1 amide bonds. The molecule has 0 radical (unpaired) electrons. The maximum Gasteiger partial charge on any atom is 0.255 e. The van der Waals surface area contributed by atoms with Crippen LogP contribution in [0, 0.1) is 0 Å². The van der Waals surface area contributed by atoms with Crippen LogP contribution >= 0.6 is 0 Å². The lowest BCUT2D eigenvalue weighted by atomic mass is 10.1. The fourth-order valence-electron chi connectivity index (χ4n) is 2.37. The number of carbonyl (C=O) groups is 1. The summed E-state index contributed by atoms with van der Waals surface area (Å²) in [6, 6.07) is 16.7. The maximum atomic E-state index is 12.2. The van der Waals surface area contributed by atoms with Crippen molar-refractivity contribution in [3.05, 3.63) is 54.6 Å². The second-order valence-electron chi connectivity index (χ2n) is 5.23. The van der Waals surface area contributed by atoms with Crippen LogP contribution in [0.3, 0.4) is 0 Å². The molecular weight excluding hydrogens is 266 g/mol. The first kappa shape index (κ1) is 13.5. The molecule has 5 heteroatoms. The molecule has 3 rings (SSSR count). The molecule has 2 aromatic carbocycles. The van der Waals surface area contributed by atoms with Crippen molar-refractivity contribution in [3.8, 4) is 0 Å². The van der Waals surface area contributed by atoms with Crippen molar-refractivity contribution in [3.63, 3.8) is 0 Å². The van der Waals surface area contributed by atoms with E-state index in [4.69, 9.17) is 10.6 Å².